The van der Waals surface area contributed by atoms with E-state index in [1.54, 1.807) is 12.1 Å². The van der Waals surface area contributed by atoms with E-state index in [9.17, 15) is 9.59 Å². The molecule has 2 amide bonds. The molecule has 118 valence electrons. The molecule has 0 saturated heterocycles. The van der Waals surface area contributed by atoms with Gasteiger partial charge in [0, 0.05) is 10.2 Å². The highest BCUT2D eigenvalue weighted by Gasteiger charge is 2.13. The number of nitrogens with zero attached hydrogens (tertiary/aromatic N) is 1. The maximum absolute atomic E-state index is 11.7. The van der Waals surface area contributed by atoms with Crippen molar-refractivity contribution < 1.29 is 9.59 Å². The summed E-state index contributed by atoms with van der Waals surface area (Å²) in [5.74, 6) is -1.76. The van der Waals surface area contributed by atoms with Crippen LogP contribution in [0.3, 0.4) is 0 Å². The first kappa shape index (κ1) is 17.5. The normalized spacial score (nSPS) is 10.6. The highest BCUT2D eigenvalue weighted by molar-refractivity contribution is 9.10. The average Bonchev–Trinajstić information content (AvgIpc) is 2.52. The molecule has 23 heavy (non-hydrogen) atoms. The van der Waals surface area contributed by atoms with Gasteiger partial charge in [-0.05, 0) is 35.9 Å². The Bertz CT molecular complexity index is 764. The molecule has 8 heteroatoms. The third-order valence-electron chi connectivity index (χ3n) is 2.63. The Kier molecular flexibility index (Phi) is 6.15. The zero-order chi connectivity index (χ0) is 16.8. The molecule has 2 rings (SSSR count). The Hall–Kier alpha value is -1.89. The third kappa shape index (κ3) is 5.35. The highest BCUT2D eigenvalue weighted by atomic mass is 79.9. The Morgan fingerprint density at radius 1 is 1.00 bits per heavy atom. The van der Waals surface area contributed by atoms with Crippen LogP contribution in [0.15, 0.2) is 52.0 Å². The number of benzene rings is 2. The SMILES string of the molecule is O=C(N/N=C\c1ccc(Br)cc1)C(=O)Nc1ccc(Cl)c(Cl)c1. The largest absolute Gasteiger partial charge is 0.329 e. The lowest BCUT2D eigenvalue weighted by Crippen LogP contribution is -2.32. The van der Waals surface area contributed by atoms with E-state index in [0.717, 1.165) is 10.0 Å². The van der Waals surface area contributed by atoms with Crippen LogP contribution in [0.1, 0.15) is 5.56 Å². The van der Waals surface area contributed by atoms with Gasteiger partial charge in [0.25, 0.3) is 0 Å². The Morgan fingerprint density at radius 2 is 1.70 bits per heavy atom. The van der Waals surface area contributed by atoms with Gasteiger partial charge in [-0.25, -0.2) is 5.43 Å². The molecule has 0 radical (unpaired) electrons. The summed E-state index contributed by atoms with van der Waals surface area (Å²) < 4.78 is 0.930. The van der Waals surface area contributed by atoms with Crippen LogP contribution in [-0.2, 0) is 9.59 Å². The van der Waals surface area contributed by atoms with Crippen molar-refractivity contribution in [2.45, 2.75) is 0 Å². The van der Waals surface area contributed by atoms with Gasteiger partial charge < -0.3 is 5.32 Å². The molecule has 2 N–H and O–H groups in total. The number of halogens is 3. The summed E-state index contributed by atoms with van der Waals surface area (Å²) in [5, 5.41) is 6.74. The zero-order valence-electron chi connectivity index (χ0n) is 11.5. The molecule has 0 unspecified atom stereocenters. The fourth-order valence-electron chi connectivity index (χ4n) is 1.53. The van der Waals surface area contributed by atoms with Gasteiger partial charge in [0.05, 0.1) is 16.3 Å². The molecule has 0 heterocycles. The molecule has 0 spiro atoms. The number of anilines is 1. The Balaban J connectivity index is 1.90. The van der Waals surface area contributed by atoms with E-state index in [1.165, 1.54) is 24.4 Å². The monoisotopic (exact) mass is 413 g/mol. The number of carbonyl (C=O) groups excluding carboxylic acids is 2. The number of hydrogen-bond donors (Lipinski definition) is 2. The quantitative estimate of drug-likeness (QED) is 0.455. The first-order valence-corrected chi connectivity index (χ1v) is 7.85. The number of rotatable bonds is 3. The summed E-state index contributed by atoms with van der Waals surface area (Å²) in [5.41, 5.74) is 3.27. The molecule has 0 atom stereocenters. The second-order valence-corrected chi connectivity index (χ2v) is 6.06. The van der Waals surface area contributed by atoms with Crippen molar-refractivity contribution in [3.8, 4) is 0 Å². The number of hydrazone groups is 1. The second kappa shape index (κ2) is 8.10. The summed E-state index contributed by atoms with van der Waals surface area (Å²) in [4.78, 5) is 23.4. The third-order valence-corrected chi connectivity index (χ3v) is 3.90. The summed E-state index contributed by atoms with van der Waals surface area (Å²) in [6.07, 6.45) is 1.43. The van der Waals surface area contributed by atoms with Gasteiger partial charge in [-0.2, -0.15) is 5.10 Å². The van der Waals surface area contributed by atoms with Crippen molar-refractivity contribution >= 4 is 62.8 Å². The van der Waals surface area contributed by atoms with E-state index in [2.05, 4.69) is 31.8 Å². The molecule has 0 fully saturated rings. The van der Waals surface area contributed by atoms with E-state index in [1.807, 2.05) is 12.1 Å². The predicted molar refractivity (Wildman–Crippen MR) is 95.0 cm³/mol. The molecule has 0 aromatic heterocycles. The number of amides is 2. The molecule has 5 nitrogen and oxygen atoms in total. The van der Waals surface area contributed by atoms with Crippen molar-refractivity contribution in [2.24, 2.45) is 5.10 Å². The highest BCUT2D eigenvalue weighted by Crippen LogP contribution is 2.24. The predicted octanol–water partition coefficient (Wildman–Crippen LogP) is 3.84. The van der Waals surface area contributed by atoms with Gasteiger partial charge in [-0.3, -0.25) is 9.59 Å². The summed E-state index contributed by atoms with van der Waals surface area (Å²) >= 11 is 14.9. The summed E-state index contributed by atoms with van der Waals surface area (Å²) in [6, 6.07) is 11.8. The number of carbonyl (C=O) groups is 2. The standard InChI is InChI=1S/C15H10BrCl2N3O2/c16-10-3-1-9(2-4-10)8-19-21-15(23)14(22)20-11-5-6-12(17)13(18)7-11/h1-8H,(H,20,22)(H,21,23)/b19-8-. The minimum atomic E-state index is -0.899. The number of hydrogen-bond acceptors (Lipinski definition) is 3. The van der Waals surface area contributed by atoms with Crippen LogP contribution in [0, 0.1) is 0 Å². The van der Waals surface area contributed by atoms with Crippen LogP contribution in [0.2, 0.25) is 10.0 Å². The smallest absolute Gasteiger partial charge is 0.318 e. The first-order chi connectivity index (χ1) is 11.0. The maximum Gasteiger partial charge on any atom is 0.329 e. The molecule has 0 aliphatic carbocycles. The second-order valence-electron chi connectivity index (χ2n) is 4.33. The van der Waals surface area contributed by atoms with Gasteiger partial charge in [0.1, 0.15) is 0 Å². The van der Waals surface area contributed by atoms with Gasteiger partial charge >= 0.3 is 11.8 Å². The Labute approximate surface area is 150 Å². The van der Waals surface area contributed by atoms with Crippen LogP contribution >= 0.6 is 39.1 Å². The molecule has 0 bridgehead atoms. The summed E-state index contributed by atoms with van der Waals surface area (Å²) in [6.45, 7) is 0. The zero-order valence-corrected chi connectivity index (χ0v) is 14.6. The summed E-state index contributed by atoms with van der Waals surface area (Å²) in [7, 11) is 0. The van der Waals surface area contributed by atoms with E-state index in [-0.39, 0.29) is 5.02 Å². The van der Waals surface area contributed by atoms with Gasteiger partial charge in [0.2, 0.25) is 0 Å². The van der Waals surface area contributed by atoms with Gasteiger partial charge in [-0.15, -0.1) is 0 Å². The van der Waals surface area contributed by atoms with E-state index < -0.39 is 11.8 Å². The van der Waals surface area contributed by atoms with E-state index in [0.29, 0.717) is 10.7 Å². The molecular weight excluding hydrogens is 405 g/mol. The van der Waals surface area contributed by atoms with Crippen molar-refractivity contribution in [1.29, 1.82) is 0 Å². The molecule has 2 aromatic carbocycles. The fraction of sp³-hybridized carbons (Fsp3) is 0. The Morgan fingerprint density at radius 3 is 2.35 bits per heavy atom. The fourth-order valence-corrected chi connectivity index (χ4v) is 2.09. The lowest BCUT2D eigenvalue weighted by Gasteiger charge is -2.05. The maximum atomic E-state index is 11.7. The average molecular weight is 415 g/mol. The van der Waals surface area contributed by atoms with Gasteiger partial charge in [0.15, 0.2) is 0 Å². The lowest BCUT2D eigenvalue weighted by atomic mass is 10.2. The number of nitrogens with one attached hydrogen (secondary N) is 2. The van der Waals surface area contributed by atoms with Crippen molar-refractivity contribution in [1.82, 2.24) is 5.43 Å². The van der Waals surface area contributed by atoms with Crippen molar-refractivity contribution in [3.63, 3.8) is 0 Å². The van der Waals surface area contributed by atoms with Crippen LogP contribution in [0.25, 0.3) is 0 Å². The van der Waals surface area contributed by atoms with E-state index in [4.69, 9.17) is 23.2 Å². The molecule has 2 aromatic rings. The molecular formula is C15H10BrCl2N3O2. The van der Waals surface area contributed by atoms with Crippen LogP contribution < -0.4 is 10.7 Å². The van der Waals surface area contributed by atoms with E-state index >= 15 is 0 Å². The molecule has 0 aliphatic rings. The minimum absolute atomic E-state index is 0.276. The lowest BCUT2D eigenvalue weighted by molar-refractivity contribution is -0.136. The molecule has 0 saturated carbocycles. The first-order valence-electron chi connectivity index (χ1n) is 6.31. The van der Waals surface area contributed by atoms with Crippen molar-refractivity contribution in [3.05, 3.63) is 62.5 Å². The van der Waals surface area contributed by atoms with Crippen LogP contribution in [0.5, 0.6) is 0 Å². The van der Waals surface area contributed by atoms with Gasteiger partial charge in [-0.1, -0.05) is 51.3 Å². The van der Waals surface area contributed by atoms with Crippen LogP contribution in [0.4, 0.5) is 5.69 Å². The topological polar surface area (TPSA) is 70.6 Å². The van der Waals surface area contributed by atoms with Crippen LogP contribution in [-0.4, -0.2) is 18.0 Å². The minimum Gasteiger partial charge on any atom is -0.318 e. The molecule has 0 aliphatic heterocycles. The van der Waals surface area contributed by atoms with Crippen molar-refractivity contribution in [2.75, 3.05) is 5.32 Å².